The molecule has 0 bridgehead atoms. The van der Waals surface area contributed by atoms with E-state index in [1.54, 1.807) is 0 Å². The van der Waals surface area contributed by atoms with Crippen molar-refractivity contribution >= 4 is 17.5 Å². The third-order valence-corrected chi connectivity index (χ3v) is 4.44. The number of ether oxygens (including phenoxy) is 1. The summed E-state index contributed by atoms with van der Waals surface area (Å²) in [6.07, 6.45) is 1.94. The lowest BCUT2D eigenvalue weighted by Gasteiger charge is -2.32. The van der Waals surface area contributed by atoms with E-state index >= 15 is 0 Å². The molecule has 23 heavy (non-hydrogen) atoms. The molecule has 3 rings (SSSR count). The molecule has 3 nitrogen and oxygen atoms in total. The molecule has 4 heteroatoms. The topological polar surface area (TPSA) is 29.5 Å². The monoisotopic (exact) mass is 329 g/mol. The van der Waals surface area contributed by atoms with Gasteiger partial charge in [-0.1, -0.05) is 35.9 Å². The van der Waals surface area contributed by atoms with Crippen molar-refractivity contribution in [1.29, 1.82) is 0 Å². The van der Waals surface area contributed by atoms with E-state index in [4.69, 9.17) is 16.3 Å². The highest BCUT2D eigenvalue weighted by atomic mass is 35.5. The quantitative estimate of drug-likeness (QED) is 0.838. The summed E-state index contributed by atoms with van der Waals surface area (Å²) in [4.78, 5) is 14.3. The Bertz CT molecular complexity index is 651. The fraction of sp³-hybridized carbons (Fsp3) is 0.316. The Morgan fingerprint density at radius 1 is 1.09 bits per heavy atom. The molecule has 0 aliphatic carbocycles. The number of benzene rings is 2. The van der Waals surface area contributed by atoms with E-state index in [9.17, 15) is 4.79 Å². The van der Waals surface area contributed by atoms with Crippen molar-refractivity contribution in [3.63, 3.8) is 0 Å². The lowest BCUT2D eigenvalue weighted by molar-refractivity contribution is 0.0661. The van der Waals surface area contributed by atoms with Gasteiger partial charge in [-0.05, 0) is 49.1 Å². The summed E-state index contributed by atoms with van der Waals surface area (Å²) >= 11 is 5.95. The normalized spacial score (nSPS) is 15.4. The first-order valence-electron chi connectivity index (χ1n) is 7.95. The number of amides is 1. The molecule has 0 radical (unpaired) electrons. The molecule has 1 aliphatic heterocycles. The highest BCUT2D eigenvalue weighted by Crippen LogP contribution is 2.22. The van der Waals surface area contributed by atoms with Gasteiger partial charge in [0, 0.05) is 23.7 Å². The number of likely N-dealkylation sites (tertiary alicyclic amines) is 1. The highest BCUT2D eigenvalue weighted by Gasteiger charge is 2.23. The van der Waals surface area contributed by atoms with Gasteiger partial charge < -0.3 is 9.64 Å². The molecule has 0 spiro atoms. The molecular formula is C19H20ClNO2. The van der Waals surface area contributed by atoms with E-state index in [0.29, 0.717) is 17.5 Å². The van der Waals surface area contributed by atoms with Gasteiger partial charge >= 0.3 is 0 Å². The predicted octanol–water partition coefficient (Wildman–Crippen LogP) is 4.27. The average molecular weight is 330 g/mol. The number of carbonyl (C=O) groups excluding carboxylic acids is 1. The smallest absolute Gasteiger partial charge is 0.253 e. The van der Waals surface area contributed by atoms with Gasteiger partial charge in [-0.2, -0.15) is 0 Å². The minimum atomic E-state index is 0.125. The van der Waals surface area contributed by atoms with Crippen LogP contribution in [0.25, 0.3) is 0 Å². The van der Waals surface area contributed by atoms with E-state index in [2.05, 4.69) is 0 Å². The van der Waals surface area contributed by atoms with Gasteiger partial charge in [0.2, 0.25) is 0 Å². The maximum absolute atomic E-state index is 12.4. The van der Waals surface area contributed by atoms with Crippen LogP contribution in [0, 0.1) is 5.92 Å². The number of rotatable bonds is 4. The fourth-order valence-electron chi connectivity index (χ4n) is 2.84. The summed E-state index contributed by atoms with van der Waals surface area (Å²) in [5, 5.41) is 0.686. The van der Waals surface area contributed by atoms with E-state index in [1.165, 1.54) is 0 Å². The van der Waals surface area contributed by atoms with Gasteiger partial charge in [-0.15, -0.1) is 0 Å². The summed E-state index contributed by atoms with van der Waals surface area (Å²) < 4.78 is 5.82. The van der Waals surface area contributed by atoms with Crippen LogP contribution in [0.3, 0.4) is 0 Å². The van der Waals surface area contributed by atoms with Crippen LogP contribution in [0.15, 0.2) is 54.6 Å². The zero-order valence-corrected chi connectivity index (χ0v) is 13.7. The number of hydrogen-bond donors (Lipinski definition) is 0. The molecule has 1 aliphatic rings. The van der Waals surface area contributed by atoms with Gasteiger partial charge in [0.1, 0.15) is 5.75 Å². The molecule has 1 fully saturated rings. The summed E-state index contributed by atoms with van der Waals surface area (Å²) in [6.45, 7) is 2.25. The Labute approximate surface area is 141 Å². The zero-order valence-electron chi connectivity index (χ0n) is 13.0. The van der Waals surface area contributed by atoms with Gasteiger partial charge in [0.15, 0.2) is 0 Å². The Kier molecular flexibility index (Phi) is 5.19. The van der Waals surface area contributed by atoms with Crippen molar-refractivity contribution in [3.05, 3.63) is 65.2 Å². The molecule has 0 N–H and O–H groups in total. The lowest BCUT2D eigenvalue weighted by Crippen LogP contribution is -2.39. The standard InChI is InChI=1S/C19H20ClNO2/c20-17-7-4-8-18(13-17)23-14-15-9-11-21(12-10-15)19(22)16-5-2-1-3-6-16/h1-8,13,15H,9-12,14H2. The molecular weight excluding hydrogens is 310 g/mol. The number of hydrogen-bond acceptors (Lipinski definition) is 2. The molecule has 0 unspecified atom stereocenters. The molecule has 2 aromatic carbocycles. The van der Waals surface area contributed by atoms with Crippen LogP contribution in [0.2, 0.25) is 5.02 Å². The molecule has 1 heterocycles. The maximum atomic E-state index is 12.4. The number of carbonyl (C=O) groups is 1. The molecule has 2 aromatic rings. The predicted molar refractivity (Wildman–Crippen MR) is 92.0 cm³/mol. The molecule has 1 saturated heterocycles. The molecule has 0 aromatic heterocycles. The van der Waals surface area contributed by atoms with Gasteiger partial charge in [0.05, 0.1) is 6.61 Å². The Morgan fingerprint density at radius 3 is 2.52 bits per heavy atom. The van der Waals surface area contributed by atoms with E-state index in [1.807, 2.05) is 59.5 Å². The SMILES string of the molecule is O=C(c1ccccc1)N1CCC(COc2cccc(Cl)c2)CC1. The number of halogens is 1. The van der Waals surface area contributed by atoms with E-state index in [-0.39, 0.29) is 5.91 Å². The molecule has 0 saturated carbocycles. The minimum absolute atomic E-state index is 0.125. The third kappa shape index (κ3) is 4.26. The van der Waals surface area contributed by atoms with Crippen LogP contribution in [0.1, 0.15) is 23.2 Å². The second-order valence-corrected chi connectivity index (χ2v) is 6.31. The molecule has 120 valence electrons. The summed E-state index contributed by atoms with van der Waals surface area (Å²) in [5.41, 5.74) is 0.765. The van der Waals surface area contributed by atoms with Crippen LogP contribution in [-0.4, -0.2) is 30.5 Å². The van der Waals surface area contributed by atoms with Crippen molar-refractivity contribution in [1.82, 2.24) is 4.90 Å². The zero-order chi connectivity index (χ0) is 16.1. The minimum Gasteiger partial charge on any atom is -0.493 e. The van der Waals surface area contributed by atoms with Crippen LogP contribution >= 0.6 is 11.6 Å². The van der Waals surface area contributed by atoms with Gasteiger partial charge in [0.25, 0.3) is 5.91 Å². The first-order chi connectivity index (χ1) is 11.2. The fourth-order valence-corrected chi connectivity index (χ4v) is 3.02. The van der Waals surface area contributed by atoms with Crippen LogP contribution < -0.4 is 4.74 Å². The van der Waals surface area contributed by atoms with Gasteiger partial charge in [-0.25, -0.2) is 0 Å². The Balaban J connectivity index is 1.48. The van der Waals surface area contributed by atoms with Crippen LogP contribution in [0.5, 0.6) is 5.75 Å². The van der Waals surface area contributed by atoms with Crippen molar-refractivity contribution in [3.8, 4) is 5.75 Å². The molecule has 0 atom stereocenters. The van der Waals surface area contributed by atoms with Crippen molar-refractivity contribution in [2.75, 3.05) is 19.7 Å². The number of nitrogens with zero attached hydrogens (tertiary/aromatic N) is 1. The van der Waals surface area contributed by atoms with E-state index in [0.717, 1.165) is 37.2 Å². The van der Waals surface area contributed by atoms with Crippen LogP contribution in [0.4, 0.5) is 0 Å². The Morgan fingerprint density at radius 2 is 1.83 bits per heavy atom. The second kappa shape index (κ2) is 7.51. The number of piperidine rings is 1. The van der Waals surface area contributed by atoms with Crippen molar-refractivity contribution < 1.29 is 9.53 Å². The van der Waals surface area contributed by atoms with Crippen molar-refractivity contribution in [2.24, 2.45) is 5.92 Å². The third-order valence-electron chi connectivity index (χ3n) is 4.20. The average Bonchev–Trinajstić information content (AvgIpc) is 2.61. The summed E-state index contributed by atoms with van der Waals surface area (Å²) in [5.74, 6) is 1.41. The first-order valence-corrected chi connectivity index (χ1v) is 8.33. The second-order valence-electron chi connectivity index (χ2n) is 5.87. The summed E-state index contributed by atoms with van der Waals surface area (Å²) in [6, 6.07) is 16.9. The summed E-state index contributed by atoms with van der Waals surface area (Å²) in [7, 11) is 0. The maximum Gasteiger partial charge on any atom is 0.253 e. The van der Waals surface area contributed by atoms with Gasteiger partial charge in [-0.3, -0.25) is 4.79 Å². The van der Waals surface area contributed by atoms with E-state index < -0.39 is 0 Å². The molecule has 1 amide bonds. The first kappa shape index (κ1) is 15.9. The van der Waals surface area contributed by atoms with Crippen molar-refractivity contribution in [2.45, 2.75) is 12.8 Å². The lowest BCUT2D eigenvalue weighted by atomic mass is 9.97. The van der Waals surface area contributed by atoms with Crippen LogP contribution in [-0.2, 0) is 0 Å². The highest BCUT2D eigenvalue weighted by molar-refractivity contribution is 6.30. The largest absolute Gasteiger partial charge is 0.493 e. The Hall–Kier alpha value is -2.00.